The molecular weight excluding hydrogens is 322 g/mol. The summed E-state index contributed by atoms with van der Waals surface area (Å²) in [4.78, 5) is 2.34. The minimum atomic E-state index is 0.699. The Hall–Kier alpha value is -1.97. The van der Waals surface area contributed by atoms with E-state index in [9.17, 15) is 0 Å². The van der Waals surface area contributed by atoms with Crippen LogP contribution in [0.1, 0.15) is 13.8 Å². The van der Waals surface area contributed by atoms with E-state index < -0.39 is 0 Å². The molecule has 0 fully saturated rings. The molecule has 0 aliphatic rings. The van der Waals surface area contributed by atoms with E-state index in [2.05, 4.69) is 18.7 Å². The maximum absolute atomic E-state index is 6.02. The van der Waals surface area contributed by atoms with Crippen molar-refractivity contribution >= 4 is 22.6 Å². The average Bonchev–Trinajstić information content (AvgIpc) is 3.02. The first-order chi connectivity index (χ1) is 11.7. The maximum Gasteiger partial charge on any atom is 0.135 e. The molecule has 0 bridgehead atoms. The quantitative estimate of drug-likeness (QED) is 0.568. The van der Waals surface area contributed by atoms with Crippen LogP contribution in [0.15, 0.2) is 52.9 Å². The molecule has 0 atom stereocenters. The Morgan fingerprint density at radius 1 is 1.00 bits per heavy atom. The van der Waals surface area contributed by atoms with Crippen LogP contribution in [0.3, 0.4) is 0 Å². The molecule has 126 valence electrons. The van der Waals surface area contributed by atoms with Crippen molar-refractivity contribution in [3.05, 3.63) is 53.6 Å². The number of ether oxygens (including phenoxy) is 1. The molecule has 2 aromatic carbocycles. The SMILES string of the molecule is CCN(CC)CCOc1ccc(-c2cc3cc(Cl)ccc3o2)cc1. The van der Waals surface area contributed by atoms with Crippen LogP contribution < -0.4 is 4.74 Å². The second-order valence-corrected chi connectivity index (χ2v) is 6.13. The van der Waals surface area contributed by atoms with Crippen molar-refractivity contribution in [3.63, 3.8) is 0 Å². The molecule has 0 saturated carbocycles. The van der Waals surface area contributed by atoms with E-state index in [1.807, 2.05) is 48.5 Å². The van der Waals surface area contributed by atoms with E-state index in [0.717, 1.165) is 47.7 Å². The highest BCUT2D eigenvalue weighted by Crippen LogP contribution is 2.30. The molecule has 1 heterocycles. The van der Waals surface area contributed by atoms with Crippen LogP contribution in [0.4, 0.5) is 0 Å². The Morgan fingerprint density at radius 3 is 2.46 bits per heavy atom. The second kappa shape index (κ2) is 7.73. The number of likely N-dealkylation sites (N-methyl/N-ethyl adjacent to an activating group) is 1. The zero-order valence-corrected chi connectivity index (χ0v) is 14.8. The first-order valence-corrected chi connectivity index (χ1v) is 8.72. The van der Waals surface area contributed by atoms with Gasteiger partial charge in [0, 0.05) is 22.5 Å². The molecule has 0 N–H and O–H groups in total. The van der Waals surface area contributed by atoms with Crippen molar-refractivity contribution in [3.8, 4) is 17.1 Å². The number of nitrogens with zero attached hydrogens (tertiary/aromatic N) is 1. The fourth-order valence-electron chi connectivity index (χ4n) is 2.70. The Morgan fingerprint density at radius 2 is 1.75 bits per heavy atom. The van der Waals surface area contributed by atoms with E-state index in [1.54, 1.807) is 0 Å². The lowest BCUT2D eigenvalue weighted by Gasteiger charge is -2.18. The molecule has 3 nitrogen and oxygen atoms in total. The van der Waals surface area contributed by atoms with Gasteiger partial charge in [0.05, 0.1) is 0 Å². The van der Waals surface area contributed by atoms with Crippen molar-refractivity contribution < 1.29 is 9.15 Å². The second-order valence-electron chi connectivity index (χ2n) is 5.69. The van der Waals surface area contributed by atoms with E-state index >= 15 is 0 Å². The molecular formula is C20H22ClNO2. The van der Waals surface area contributed by atoms with Crippen molar-refractivity contribution in [2.75, 3.05) is 26.2 Å². The first-order valence-electron chi connectivity index (χ1n) is 8.34. The van der Waals surface area contributed by atoms with E-state index in [0.29, 0.717) is 11.6 Å². The third kappa shape index (κ3) is 3.92. The number of hydrogen-bond acceptors (Lipinski definition) is 3. The Balaban J connectivity index is 1.67. The Bertz CT molecular complexity index is 791. The number of fused-ring (bicyclic) bond motifs is 1. The van der Waals surface area contributed by atoms with E-state index in [1.165, 1.54) is 0 Å². The molecule has 0 aliphatic heterocycles. The van der Waals surface area contributed by atoms with Gasteiger partial charge in [-0.1, -0.05) is 25.4 Å². The summed E-state index contributed by atoms with van der Waals surface area (Å²) in [6.45, 7) is 8.07. The lowest BCUT2D eigenvalue weighted by molar-refractivity contribution is 0.223. The molecule has 0 saturated heterocycles. The molecule has 24 heavy (non-hydrogen) atoms. The summed E-state index contributed by atoms with van der Waals surface area (Å²) in [7, 11) is 0. The van der Waals surface area contributed by atoms with Crippen LogP contribution in [-0.4, -0.2) is 31.1 Å². The largest absolute Gasteiger partial charge is 0.492 e. The Kier molecular flexibility index (Phi) is 5.44. The standard InChI is InChI=1S/C20H22ClNO2/c1-3-22(4-2)11-12-23-18-8-5-15(6-9-18)20-14-16-13-17(21)7-10-19(16)24-20/h5-10,13-14H,3-4,11-12H2,1-2H3. The summed E-state index contributed by atoms with van der Waals surface area (Å²) in [5.41, 5.74) is 1.87. The molecule has 0 radical (unpaired) electrons. The van der Waals surface area contributed by atoms with Crippen molar-refractivity contribution in [2.24, 2.45) is 0 Å². The molecule has 3 rings (SSSR count). The summed E-state index contributed by atoms with van der Waals surface area (Å²) in [5.74, 6) is 1.71. The minimum absolute atomic E-state index is 0.699. The Labute approximate surface area is 147 Å². The lowest BCUT2D eigenvalue weighted by atomic mass is 10.1. The molecule has 0 spiro atoms. The average molecular weight is 344 g/mol. The number of rotatable bonds is 7. The van der Waals surface area contributed by atoms with Crippen LogP contribution >= 0.6 is 11.6 Å². The highest BCUT2D eigenvalue weighted by molar-refractivity contribution is 6.31. The van der Waals surface area contributed by atoms with E-state index in [4.69, 9.17) is 20.8 Å². The van der Waals surface area contributed by atoms with Crippen molar-refractivity contribution in [1.29, 1.82) is 0 Å². The first kappa shape index (κ1) is 16.9. The molecule has 0 aliphatic carbocycles. The van der Waals surface area contributed by atoms with Crippen LogP contribution in [0.5, 0.6) is 5.75 Å². The van der Waals surface area contributed by atoms with Crippen LogP contribution in [0.2, 0.25) is 5.02 Å². The zero-order valence-electron chi connectivity index (χ0n) is 14.1. The van der Waals surface area contributed by atoms with Gasteiger partial charge in [0.15, 0.2) is 0 Å². The van der Waals surface area contributed by atoms with Gasteiger partial charge in [-0.15, -0.1) is 0 Å². The van der Waals surface area contributed by atoms with Crippen LogP contribution in [0.25, 0.3) is 22.3 Å². The van der Waals surface area contributed by atoms with Gasteiger partial charge in [0.2, 0.25) is 0 Å². The zero-order chi connectivity index (χ0) is 16.9. The normalized spacial score (nSPS) is 11.3. The molecule has 4 heteroatoms. The lowest BCUT2D eigenvalue weighted by Crippen LogP contribution is -2.27. The third-order valence-corrected chi connectivity index (χ3v) is 4.42. The highest BCUT2D eigenvalue weighted by atomic mass is 35.5. The monoisotopic (exact) mass is 343 g/mol. The van der Waals surface area contributed by atoms with Gasteiger partial charge >= 0.3 is 0 Å². The fourth-order valence-corrected chi connectivity index (χ4v) is 2.88. The van der Waals surface area contributed by atoms with Crippen molar-refractivity contribution in [2.45, 2.75) is 13.8 Å². The van der Waals surface area contributed by atoms with Gasteiger partial charge in [-0.25, -0.2) is 0 Å². The van der Waals surface area contributed by atoms with Crippen LogP contribution in [-0.2, 0) is 0 Å². The van der Waals surface area contributed by atoms with Gasteiger partial charge in [0.25, 0.3) is 0 Å². The number of halogens is 1. The summed E-state index contributed by atoms with van der Waals surface area (Å²) < 4.78 is 11.7. The van der Waals surface area contributed by atoms with Crippen molar-refractivity contribution in [1.82, 2.24) is 4.90 Å². The number of hydrogen-bond donors (Lipinski definition) is 0. The summed E-state index contributed by atoms with van der Waals surface area (Å²) >= 11 is 6.02. The number of benzene rings is 2. The fraction of sp³-hybridized carbons (Fsp3) is 0.300. The summed E-state index contributed by atoms with van der Waals surface area (Å²) in [6.07, 6.45) is 0. The minimum Gasteiger partial charge on any atom is -0.492 e. The molecule has 0 amide bonds. The molecule has 0 unspecified atom stereocenters. The topological polar surface area (TPSA) is 25.6 Å². The molecule has 3 aromatic rings. The van der Waals surface area contributed by atoms with Gasteiger partial charge in [0.1, 0.15) is 23.7 Å². The summed E-state index contributed by atoms with van der Waals surface area (Å²) in [5, 5.41) is 1.73. The smallest absolute Gasteiger partial charge is 0.135 e. The maximum atomic E-state index is 6.02. The van der Waals surface area contributed by atoms with Gasteiger partial charge < -0.3 is 14.1 Å². The summed E-state index contributed by atoms with van der Waals surface area (Å²) in [6, 6.07) is 15.7. The van der Waals surface area contributed by atoms with E-state index in [-0.39, 0.29) is 0 Å². The highest BCUT2D eigenvalue weighted by Gasteiger charge is 2.07. The van der Waals surface area contributed by atoms with Gasteiger partial charge in [-0.05, 0) is 61.6 Å². The predicted octanol–water partition coefficient (Wildman–Crippen LogP) is 5.47. The van der Waals surface area contributed by atoms with Crippen LogP contribution in [0, 0.1) is 0 Å². The molecule has 1 aromatic heterocycles. The van der Waals surface area contributed by atoms with Gasteiger partial charge in [-0.3, -0.25) is 0 Å². The van der Waals surface area contributed by atoms with Gasteiger partial charge in [-0.2, -0.15) is 0 Å². The number of furan rings is 1. The predicted molar refractivity (Wildman–Crippen MR) is 99.9 cm³/mol. The third-order valence-electron chi connectivity index (χ3n) is 4.19.